The third-order valence-electron chi connectivity index (χ3n) is 4.12. The summed E-state index contributed by atoms with van der Waals surface area (Å²) >= 11 is 0. The van der Waals surface area contributed by atoms with Gasteiger partial charge in [-0.1, -0.05) is 6.07 Å². The van der Waals surface area contributed by atoms with Crippen LogP contribution in [-0.4, -0.2) is 32.2 Å². The van der Waals surface area contributed by atoms with Gasteiger partial charge in [-0.05, 0) is 64.4 Å². The van der Waals surface area contributed by atoms with Crippen LogP contribution in [0.3, 0.4) is 0 Å². The summed E-state index contributed by atoms with van der Waals surface area (Å²) in [7, 11) is 1.63. The maximum Gasteiger partial charge on any atom is 0.223 e. The summed E-state index contributed by atoms with van der Waals surface area (Å²) in [5.41, 5.74) is 1.01. The maximum absolute atomic E-state index is 12.4. The molecule has 0 aliphatic carbocycles. The van der Waals surface area contributed by atoms with Crippen LogP contribution in [0.4, 0.5) is 0 Å². The lowest BCUT2D eigenvalue weighted by Gasteiger charge is -2.24. The fourth-order valence-corrected chi connectivity index (χ4v) is 2.80. The van der Waals surface area contributed by atoms with Gasteiger partial charge in [-0.3, -0.25) is 4.79 Å². The lowest BCUT2D eigenvalue weighted by molar-refractivity contribution is -0.126. The molecule has 1 atom stereocenters. The van der Waals surface area contributed by atoms with Gasteiger partial charge in [0.15, 0.2) is 11.5 Å². The third-order valence-corrected chi connectivity index (χ3v) is 4.12. The Labute approximate surface area is 150 Å². The zero-order chi connectivity index (χ0) is 16.8. The smallest absolute Gasteiger partial charge is 0.223 e. The number of benzene rings is 1. The van der Waals surface area contributed by atoms with Crippen molar-refractivity contribution in [3.05, 3.63) is 23.8 Å². The van der Waals surface area contributed by atoms with Crippen molar-refractivity contribution in [3.63, 3.8) is 0 Å². The van der Waals surface area contributed by atoms with Crippen molar-refractivity contribution < 1.29 is 14.3 Å². The highest BCUT2D eigenvalue weighted by atomic mass is 35.5. The molecule has 2 N–H and O–H groups in total. The molecular formula is C18H29ClN2O3. The van der Waals surface area contributed by atoms with E-state index in [1.165, 1.54) is 0 Å². The number of hydrogen-bond donors (Lipinski definition) is 2. The van der Waals surface area contributed by atoms with E-state index in [4.69, 9.17) is 9.47 Å². The molecular weight excluding hydrogens is 328 g/mol. The van der Waals surface area contributed by atoms with Crippen molar-refractivity contribution >= 4 is 18.3 Å². The number of ether oxygens (including phenoxy) is 2. The minimum absolute atomic E-state index is 0. The van der Waals surface area contributed by atoms with Crippen molar-refractivity contribution in [2.75, 3.05) is 20.2 Å². The Kier molecular flexibility index (Phi) is 8.36. The molecule has 0 spiro atoms. The second-order valence-electron chi connectivity index (χ2n) is 6.33. The molecule has 0 aromatic heterocycles. The Hall–Kier alpha value is -1.46. The number of carbonyl (C=O) groups is 1. The van der Waals surface area contributed by atoms with Crippen molar-refractivity contribution in [1.29, 1.82) is 0 Å². The lowest BCUT2D eigenvalue weighted by atomic mass is 9.96. The lowest BCUT2D eigenvalue weighted by Crippen LogP contribution is -2.39. The largest absolute Gasteiger partial charge is 0.493 e. The molecule has 2 rings (SSSR count). The van der Waals surface area contributed by atoms with Crippen LogP contribution in [0.1, 0.15) is 45.2 Å². The van der Waals surface area contributed by atoms with Gasteiger partial charge in [-0.15, -0.1) is 12.4 Å². The van der Waals surface area contributed by atoms with Gasteiger partial charge in [0.1, 0.15) is 0 Å². The highest BCUT2D eigenvalue weighted by Gasteiger charge is 2.22. The van der Waals surface area contributed by atoms with Gasteiger partial charge >= 0.3 is 0 Å². The number of halogens is 1. The van der Waals surface area contributed by atoms with E-state index in [1.807, 2.05) is 39.0 Å². The van der Waals surface area contributed by atoms with Gasteiger partial charge in [0.05, 0.1) is 19.3 Å². The van der Waals surface area contributed by atoms with E-state index in [1.54, 1.807) is 7.11 Å². The summed E-state index contributed by atoms with van der Waals surface area (Å²) in [5, 5.41) is 6.40. The second-order valence-corrected chi connectivity index (χ2v) is 6.33. The zero-order valence-corrected chi connectivity index (χ0v) is 15.7. The normalized spacial score (nSPS) is 16.2. The molecule has 136 valence electrons. The molecule has 0 saturated carbocycles. The molecule has 1 aliphatic heterocycles. The van der Waals surface area contributed by atoms with Crippen molar-refractivity contribution in [2.45, 2.75) is 45.8 Å². The first-order chi connectivity index (χ1) is 11.0. The first kappa shape index (κ1) is 20.6. The quantitative estimate of drug-likeness (QED) is 0.822. The van der Waals surface area contributed by atoms with E-state index in [0.717, 1.165) is 37.2 Å². The molecule has 1 aliphatic rings. The molecule has 0 bridgehead atoms. The predicted molar refractivity (Wildman–Crippen MR) is 98.2 cm³/mol. The van der Waals surface area contributed by atoms with Crippen LogP contribution in [0.25, 0.3) is 0 Å². The predicted octanol–water partition coefficient (Wildman–Crippen LogP) is 3.08. The molecule has 0 radical (unpaired) electrons. The first-order valence-corrected chi connectivity index (χ1v) is 8.37. The Morgan fingerprint density at radius 2 is 1.88 bits per heavy atom. The molecule has 1 fully saturated rings. The van der Waals surface area contributed by atoms with Gasteiger partial charge in [-0.2, -0.15) is 0 Å². The molecule has 1 aromatic carbocycles. The number of rotatable bonds is 6. The fourth-order valence-electron chi connectivity index (χ4n) is 2.80. The summed E-state index contributed by atoms with van der Waals surface area (Å²) in [6.45, 7) is 7.80. The molecule has 5 nitrogen and oxygen atoms in total. The molecule has 24 heavy (non-hydrogen) atoms. The van der Waals surface area contributed by atoms with Gasteiger partial charge in [-0.25, -0.2) is 0 Å². The summed E-state index contributed by atoms with van der Waals surface area (Å²) in [6, 6.07) is 5.76. The van der Waals surface area contributed by atoms with E-state index in [-0.39, 0.29) is 36.4 Å². The van der Waals surface area contributed by atoms with E-state index in [9.17, 15) is 4.79 Å². The van der Waals surface area contributed by atoms with Crippen molar-refractivity contribution in [1.82, 2.24) is 10.6 Å². The number of methoxy groups -OCH3 is 1. The number of amides is 1. The Balaban J connectivity index is 0.00000288. The fraction of sp³-hybridized carbons (Fsp3) is 0.611. The molecule has 1 amide bonds. The number of hydrogen-bond acceptors (Lipinski definition) is 4. The molecule has 1 saturated heterocycles. The topological polar surface area (TPSA) is 59.6 Å². The molecule has 1 aromatic rings. The van der Waals surface area contributed by atoms with Crippen LogP contribution in [0.5, 0.6) is 11.5 Å². The van der Waals surface area contributed by atoms with Gasteiger partial charge in [0.2, 0.25) is 5.91 Å². The maximum atomic E-state index is 12.4. The van der Waals surface area contributed by atoms with E-state index < -0.39 is 0 Å². The minimum Gasteiger partial charge on any atom is -0.493 e. The third kappa shape index (κ3) is 5.56. The molecule has 1 unspecified atom stereocenters. The Bertz CT molecular complexity index is 531. The highest BCUT2D eigenvalue weighted by molar-refractivity contribution is 5.85. The van der Waals surface area contributed by atoms with E-state index >= 15 is 0 Å². The Morgan fingerprint density at radius 3 is 2.46 bits per heavy atom. The summed E-state index contributed by atoms with van der Waals surface area (Å²) in [5.74, 6) is 1.67. The number of nitrogens with one attached hydrogen (secondary N) is 2. The minimum atomic E-state index is -0.0561. The second kappa shape index (κ2) is 9.74. The average Bonchev–Trinajstić information content (AvgIpc) is 2.55. The monoisotopic (exact) mass is 356 g/mol. The zero-order valence-electron chi connectivity index (χ0n) is 14.9. The summed E-state index contributed by atoms with van der Waals surface area (Å²) < 4.78 is 11.1. The number of carbonyl (C=O) groups excluding carboxylic acids is 1. The Morgan fingerprint density at radius 1 is 1.21 bits per heavy atom. The number of piperidine rings is 1. The standard InChI is InChI=1S/C18H28N2O3.ClH/c1-12(2)23-16-6-5-15(11-17(16)22-4)13(3)20-18(21)14-7-9-19-10-8-14;/h5-6,11-14,19H,7-10H2,1-4H3,(H,20,21);1H. The first-order valence-electron chi connectivity index (χ1n) is 8.37. The van der Waals surface area contributed by atoms with Gasteiger partial charge < -0.3 is 20.1 Å². The molecule has 1 heterocycles. The average molecular weight is 357 g/mol. The highest BCUT2D eigenvalue weighted by Crippen LogP contribution is 2.31. The van der Waals surface area contributed by atoms with Crippen molar-refractivity contribution in [3.8, 4) is 11.5 Å². The van der Waals surface area contributed by atoms with Crippen molar-refractivity contribution in [2.24, 2.45) is 5.92 Å². The molecule has 6 heteroatoms. The van der Waals surface area contributed by atoms with Crippen LogP contribution >= 0.6 is 12.4 Å². The van der Waals surface area contributed by atoms with E-state index in [2.05, 4.69) is 10.6 Å². The SMILES string of the molecule is COc1cc(C(C)NC(=O)C2CCNCC2)ccc1OC(C)C.Cl. The van der Waals surface area contributed by atoms with Gasteiger partial charge in [0.25, 0.3) is 0 Å². The van der Waals surface area contributed by atoms with Crippen LogP contribution in [0.15, 0.2) is 18.2 Å². The van der Waals surface area contributed by atoms with Crippen LogP contribution in [-0.2, 0) is 4.79 Å². The summed E-state index contributed by atoms with van der Waals surface area (Å²) in [6.07, 6.45) is 1.90. The van der Waals surface area contributed by atoms with Gasteiger partial charge in [0, 0.05) is 5.92 Å². The van der Waals surface area contributed by atoms with E-state index in [0.29, 0.717) is 5.75 Å². The van der Waals surface area contributed by atoms with Crippen LogP contribution in [0, 0.1) is 5.92 Å². The van der Waals surface area contributed by atoms with Crippen LogP contribution in [0.2, 0.25) is 0 Å². The van der Waals surface area contributed by atoms with Crippen LogP contribution < -0.4 is 20.1 Å². The summed E-state index contributed by atoms with van der Waals surface area (Å²) in [4.78, 5) is 12.4.